The monoisotopic (exact) mass is 235 g/mol. The third-order valence-corrected chi connectivity index (χ3v) is 3.04. The number of carbonyl (C=O) groups is 1. The molecule has 1 heterocycles. The summed E-state index contributed by atoms with van der Waals surface area (Å²) < 4.78 is 0. The third kappa shape index (κ3) is 1.77. The van der Waals surface area contributed by atoms with E-state index in [1.165, 1.54) is 29.5 Å². The van der Waals surface area contributed by atoms with Gasteiger partial charge in [-0.2, -0.15) is 0 Å². The van der Waals surface area contributed by atoms with E-state index in [4.69, 9.17) is 5.11 Å². The summed E-state index contributed by atoms with van der Waals surface area (Å²) in [5.74, 6) is -1.13. The van der Waals surface area contributed by atoms with Gasteiger partial charge in [0, 0.05) is 11.1 Å². The molecule has 0 spiro atoms. The molecule has 0 saturated heterocycles. The Bertz CT molecular complexity index is 548. The van der Waals surface area contributed by atoms with Gasteiger partial charge in [-0.25, -0.2) is 9.78 Å². The first-order valence-electron chi connectivity index (χ1n) is 4.57. The molecule has 0 saturated carbocycles. The fourth-order valence-corrected chi connectivity index (χ4v) is 2.25. The van der Waals surface area contributed by atoms with Gasteiger partial charge in [-0.1, -0.05) is 6.07 Å². The number of hydrogen-bond acceptors (Lipinski definition) is 4. The second-order valence-corrected chi connectivity index (χ2v) is 4.52. The van der Waals surface area contributed by atoms with E-state index in [1.54, 1.807) is 6.20 Å². The first kappa shape index (κ1) is 10.6. The molecule has 16 heavy (non-hydrogen) atoms. The molecule has 0 bridgehead atoms. The lowest BCUT2D eigenvalue weighted by Gasteiger charge is -2.04. The Morgan fingerprint density at radius 3 is 2.75 bits per heavy atom. The van der Waals surface area contributed by atoms with Crippen molar-refractivity contribution in [3.8, 4) is 16.3 Å². The number of benzene rings is 1. The van der Waals surface area contributed by atoms with Crippen molar-refractivity contribution < 1.29 is 15.0 Å². The zero-order chi connectivity index (χ0) is 11.7. The zero-order valence-corrected chi connectivity index (χ0v) is 9.28. The minimum atomic E-state index is -1.07. The number of hydrogen-bond donors (Lipinski definition) is 2. The van der Waals surface area contributed by atoms with E-state index in [1.807, 2.05) is 6.92 Å². The summed E-state index contributed by atoms with van der Waals surface area (Å²) >= 11 is 1.35. The summed E-state index contributed by atoms with van der Waals surface area (Å²) in [6.07, 6.45) is 1.65. The number of rotatable bonds is 2. The van der Waals surface area contributed by atoms with Crippen molar-refractivity contribution in [2.75, 3.05) is 0 Å². The Kier molecular flexibility index (Phi) is 2.62. The number of aromatic hydroxyl groups is 1. The summed E-state index contributed by atoms with van der Waals surface area (Å²) in [5.41, 5.74) is 0.349. The molecule has 1 aromatic carbocycles. The molecular formula is C11H9NO3S. The number of phenols is 1. The second-order valence-electron chi connectivity index (χ2n) is 3.28. The van der Waals surface area contributed by atoms with Gasteiger partial charge in [0.1, 0.15) is 10.8 Å². The largest absolute Gasteiger partial charge is 0.507 e. The highest BCUT2D eigenvalue weighted by Crippen LogP contribution is 2.34. The predicted molar refractivity (Wildman–Crippen MR) is 60.9 cm³/mol. The smallest absolute Gasteiger partial charge is 0.336 e. The van der Waals surface area contributed by atoms with Crippen LogP contribution in [0.1, 0.15) is 15.2 Å². The van der Waals surface area contributed by atoms with E-state index >= 15 is 0 Å². The van der Waals surface area contributed by atoms with Crippen molar-refractivity contribution in [1.29, 1.82) is 0 Å². The average molecular weight is 235 g/mol. The maximum absolute atomic E-state index is 11.0. The normalized spacial score (nSPS) is 10.3. The van der Waals surface area contributed by atoms with E-state index in [-0.39, 0.29) is 16.9 Å². The maximum atomic E-state index is 11.0. The standard InChI is InChI=1S/C11H9NO3S/c1-6-5-12-10(16-6)9-7(11(14)15)3-2-4-8(9)13/h2-5,13H,1H3,(H,14,15). The summed E-state index contributed by atoms with van der Waals surface area (Å²) in [5, 5.41) is 19.3. The van der Waals surface area contributed by atoms with Crippen LogP contribution in [0.2, 0.25) is 0 Å². The first-order valence-corrected chi connectivity index (χ1v) is 5.39. The van der Waals surface area contributed by atoms with Gasteiger partial charge in [-0.05, 0) is 19.1 Å². The van der Waals surface area contributed by atoms with Crippen molar-refractivity contribution in [3.63, 3.8) is 0 Å². The molecule has 0 unspecified atom stereocenters. The van der Waals surface area contributed by atoms with Gasteiger partial charge in [-0.3, -0.25) is 0 Å². The molecule has 0 amide bonds. The molecule has 4 nitrogen and oxygen atoms in total. The summed E-state index contributed by atoms with van der Waals surface area (Å²) in [6, 6.07) is 4.41. The van der Waals surface area contributed by atoms with E-state index in [2.05, 4.69) is 4.98 Å². The van der Waals surface area contributed by atoms with Gasteiger partial charge in [0.15, 0.2) is 0 Å². The maximum Gasteiger partial charge on any atom is 0.336 e. The van der Waals surface area contributed by atoms with Crippen molar-refractivity contribution >= 4 is 17.3 Å². The summed E-state index contributed by atoms with van der Waals surface area (Å²) in [7, 11) is 0. The van der Waals surface area contributed by atoms with Crippen molar-refractivity contribution in [2.24, 2.45) is 0 Å². The zero-order valence-electron chi connectivity index (χ0n) is 8.47. The van der Waals surface area contributed by atoms with Crippen LogP contribution >= 0.6 is 11.3 Å². The number of aromatic carboxylic acids is 1. The Morgan fingerprint density at radius 1 is 1.44 bits per heavy atom. The molecule has 5 heteroatoms. The van der Waals surface area contributed by atoms with Gasteiger partial charge in [-0.15, -0.1) is 11.3 Å². The Balaban J connectivity index is 2.67. The molecule has 2 aromatic rings. The van der Waals surface area contributed by atoms with Gasteiger partial charge < -0.3 is 10.2 Å². The number of aryl methyl sites for hydroxylation is 1. The van der Waals surface area contributed by atoms with Crippen molar-refractivity contribution in [3.05, 3.63) is 34.8 Å². The molecule has 0 atom stereocenters. The molecule has 0 aliphatic rings. The fourth-order valence-electron chi connectivity index (χ4n) is 1.41. The topological polar surface area (TPSA) is 70.4 Å². The van der Waals surface area contributed by atoms with Crippen LogP contribution < -0.4 is 0 Å². The molecule has 0 aliphatic heterocycles. The number of nitrogens with zero attached hydrogens (tertiary/aromatic N) is 1. The van der Waals surface area contributed by atoms with E-state index in [0.29, 0.717) is 5.01 Å². The fraction of sp³-hybridized carbons (Fsp3) is 0.0909. The van der Waals surface area contributed by atoms with Crippen LogP contribution in [0.3, 0.4) is 0 Å². The lowest BCUT2D eigenvalue weighted by molar-refractivity contribution is 0.0697. The summed E-state index contributed by atoms with van der Waals surface area (Å²) in [4.78, 5) is 16.1. The summed E-state index contributed by atoms with van der Waals surface area (Å²) in [6.45, 7) is 1.88. The van der Waals surface area contributed by atoms with Crippen LogP contribution in [0.15, 0.2) is 24.4 Å². The van der Waals surface area contributed by atoms with Gasteiger partial charge in [0.05, 0.1) is 11.1 Å². The number of aromatic nitrogens is 1. The van der Waals surface area contributed by atoms with Gasteiger partial charge in [0.25, 0.3) is 0 Å². The minimum absolute atomic E-state index is 0.0609. The number of phenolic OH excluding ortho intramolecular Hbond substituents is 1. The van der Waals surface area contributed by atoms with Crippen LogP contribution in [0.5, 0.6) is 5.75 Å². The quantitative estimate of drug-likeness (QED) is 0.839. The van der Waals surface area contributed by atoms with Crippen LogP contribution in [-0.4, -0.2) is 21.2 Å². The number of carboxylic acids is 1. The number of carboxylic acid groups (broad SMARTS) is 1. The van der Waals surface area contributed by atoms with E-state index in [9.17, 15) is 9.90 Å². The van der Waals surface area contributed by atoms with Crippen molar-refractivity contribution in [1.82, 2.24) is 4.98 Å². The lowest BCUT2D eigenvalue weighted by atomic mass is 10.1. The highest BCUT2D eigenvalue weighted by Gasteiger charge is 2.17. The van der Waals surface area contributed by atoms with Crippen LogP contribution in [0.4, 0.5) is 0 Å². The molecule has 82 valence electrons. The lowest BCUT2D eigenvalue weighted by Crippen LogP contribution is -1.99. The second kappa shape index (κ2) is 3.94. The van der Waals surface area contributed by atoms with Gasteiger partial charge >= 0.3 is 5.97 Å². The molecule has 2 rings (SSSR count). The van der Waals surface area contributed by atoms with E-state index in [0.717, 1.165) is 4.88 Å². The number of thiazole rings is 1. The van der Waals surface area contributed by atoms with E-state index < -0.39 is 5.97 Å². The molecule has 1 aromatic heterocycles. The SMILES string of the molecule is Cc1cnc(-c2c(O)cccc2C(=O)O)s1. The third-order valence-electron chi connectivity index (χ3n) is 2.11. The van der Waals surface area contributed by atoms with Crippen LogP contribution in [-0.2, 0) is 0 Å². The predicted octanol–water partition coefficient (Wildman–Crippen LogP) is 2.52. The first-order chi connectivity index (χ1) is 7.59. The Hall–Kier alpha value is -1.88. The Morgan fingerprint density at radius 2 is 2.19 bits per heavy atom. The average Bonchev–Trinajstić information content (AvgIpc) is 2.64. The molecule has 0 aliphatic carbocycles. The molecule has 0 fully saturated rings. The highest BCUT2D eigenvalue weighted by atomic mass is 32.1. The minimum Gasteiger partial charge on any atom is -0.507 e. The van der Waals surface area contributed by atoms with Gasteiger partial charge in [0.2, 0.25) is 0 Å². The van der Waals surface area contributed by atoms with Crippen LogP contribution in [0.25, 0.3) is 10.6 Å². The Labute approximate surface area is 95.8 Å². The molecular weight excluding hydrogens is 226 g/mol. The van der Waals surface area contributed by atoms with Crippen LogP contribution in [0, 0.1) is 6.92 Å². The molecule has 0 radical (unpaired) electrons. The molecule has 2 N–H and O–H groups in total. The van der Waals surface area contributed by atoms with Crippen molar-refractivity contribution in [2.45, 2.75) is 6.92 Å². The highest BCUT2D eigenvalue weighted by molar-refractivity contribution is 7.15.